The first kappa shape index (κ1) is 16.5. The Morgan fingerprint density at radius 3 is 2.35 bits per heavy atom. The van der Waals surface area contributed by atoms with E-state index in [0.29, 0.717) is 12.6 Å². The first-order valence-corrected chi connectivity index (χ1v) is 9.07. The van der Waals surface area contributed by atoms with Crippen molar-refractivity contribution in [1.29, 1.82) is 0 Å². The molecule has 1 aromatic carbocycles. The monoisotopic (exact) mass is 315 g/mol. The van der Waals surface area contributed by atoms with E-state index in [2.05, 4.69) is 45.4 Å². The van der Waals surface area contributed by atoms with Crippen LogP contribution >= 0.6 is 0 Å². The average molecular weight is 315 g/mol. The molecule has 1 heterocycles. The van der Waals surface area contributed by atoms with E-state index in [9.17, 15) is 4.79 Å². The summed E-state index contributed by atoms with van der Waals surface area (Å²) in [4.78, 5) is 16.9. The van der Waals surface area contributed by atoms with Gasteiger partial charge in [0.15, 0.2) is 0 Å². The van der Waals surface area contributed by atoms with Gasteiger partial charge in [-0.15, -0.1) is 0 Å². The van der Waals surface area contributed by atoms with E-state index in [4.69, 9.17) is 0 Å². The first-order chi connectivity index (χ1) is 11.3. The lowest BCUT2D eigenvalue weighted by atomic mass is 10.1. The molecule has 23 heavy (non-hydrogen) atoms. The van der Waals surface area contributed by atoms with Gasteiger partial charge in [0, 0.05) is 38.8 Å². The topological polar surface area (TPSA) is 35.6 Å². The van der Waals surface area contributed by atoms with Crippen LogP contribution in [0.25, 0.3) is 0 Å². The Balaban J connectivity index is 1.32. The molecule has 1 aromatic rings. The van der Waals surface area contributed by atoms with E-state index in [1.54, 1.807) is 0 Å². The molecule has 2 fully saturated rings. The van der Waals surface area contributed by atoms with Gasteiger partial charge in [0.05, 0.1) is 6.54 Å². The van der Waals surface area contributed by atoms with Gasteiger partial charge in [0.25, 0.3) is 0 Å². The van der Waals surface area contributed by atoms with Crippen molar-refractivity contribution in [3.63, 3.8) is 0 Å². The number of hydrogen-bond acceptors (Lipinski definition) is 3. The van der Waals surface area contributed by atoms with Crippen LogP contribution in [-0.2, 0) is 11.2 Å². The largest absolute Gasteiger partial charge is 0.352 e. The lowest BCUT2D eigenvalue weighted by molar-refractivity contribution is -0.123. The summed E-state index contributed by atoms with van der Waals surface area (Å²) >= 11 is 0. The number of carbonyl (C=O) groups is 1. The highest BCUT2D eigenvalue weighted by Crippen LogP contribution is 2.17. The maximum absolute atomic E-state index is 12.1. The summed E-state index contributed by atoms with van der Waals surface area (Å²) in [6, 6.07) is 11.1. The minimum atomic E-state index is 0.217. The van der Waals surface area contributed by atoms with Crippen LogP contribution in [0.5, 0.6) is 0 Å². The molecule has 2 aliphatic rings. The normalized spacial score (nSPS) is 20.7. The Bertz CT molecular complexity index is 477. The van der Waals surface area contributed by atoms with Crippen molar-refractivity contribution in [2.24, 2.45) is 0 Å². The number of benzene rings is 1. The van der Waals surface area contributed by atoms with E-state index < -0.39 is 0 Å². The van der Waals surface area contributed by atoms with E-state index >= 15 is 0 Å². The van der Waals surface area contributed by atoms with Crippen LogP contribution in [0.15, 0.2) is 30.3 Å². The Morgan fingerprint density at radius 1 is 1.00 bits per heavy atom. The molecule has 0 aromatic heterocycles. The van der Waals surface area contributed by atoms with Gasteiger partial charge in [-0.25, -0.2) is 0 Å². The minimum absolute atomic E-state index is 0.217. The zero-order valence-corrected chi connectivity index (χ0v) is 14.0. The van der Waals surface area contributed by atoms with Crippen molar-refractivity contribution in [3.05, 3.63) is 35.9 Å². The fraction of sp³-hybridized carbons (Fsp3) is 0.632. The van der Waals surface area contributed by atoms with E-state index in [1.165, 1.54) is 31.2 Å². The van der Waals surface area contributed by atoms with Crippen LogP contribution in [0, 0.1) is 0 Å². The predicted octanol–water partition coefficient (Wildman–Crippen LogP) is 1.91. The highest BCUT2D eigenvalue weighted by atomic mass is 16.2. The standard InChI is InChI=1S/C19H29N3O/c23-19(20-18-8-4-5-9-18)16-22-14-12-21(13-15-22)11-10-17-6-2-1-3-7-17/h1-3,6-7,18H,4-5,8-16H2,(H,20,23). The van der Waals surface area contributed by atoms with E-state index in [-0.39, 0.29) is 5.91 Å². The maximum Gasteiger partial charge on any atom is 0.234 e. The smallest absolute Gasteiger partial charge is 0.234 e. The number of amides is 1. The molecule has 4 nitrogen and oxygen atoms in total. The van der Waals surface area contributed by atoms with Crippen LogP contribution in [0.2, 0.25) is 0 Å². The highest BCUT2D eigenvalue weighted by molar-refractivity contribution is 5.78. The van der Waals surface area contributed by atoms with Gasteiger partial charge < -0.3 is 10.2 Å². The second-order valence-electron chi connectivity index (χ2n) is 6.90. The molecule has 1 saturated carbocycles. The zero-order valence-electron chi connectivity index (χ0n) is 14.0. The van der Waals surface area contributed by atoms with Crippen LogP contribution in [-0.4, -0.2) is 61.0 Å². The summed E-state index contributed by atoms with van der Waals surface area (Å²) in [7, 11) is 0. The molecule has 0 bridgehead atoms. The molecular weight excluding hydrogens is 286 g/mol. The fourth-order valence-corrected chi connectivity index (χ4v) is 3.65. The average Bonchev–Trinajstić information content (AvgIpc) is 3.08. The van der Waals surface area contributed by atoms with Gasteiger partial charge in [-0.1, -0.05) is 43.2 Å². The van der Waals surface area contributed by atoms with Gasteiger partial charge in [-0.2, -0.15) is 0 Å². The number of rotatable bonds is 6. The molecule has 1 aliphatic heterocycles. The second kappa shape index (κ2) is 8.46. The molecule has 0 unspecified atom stereocenters. The molecule has 1 N–H and O–H groups in total. The highest BCUT2D eigenvalue weighted by Gasteiger charge is 2.21. The number of hydrogen-bond donors (Lipinski definition) is 1. The van der Waals surface area contributed by atoms with Crippen molar-refractivity contribution in [2.45, 2.75) is 38.1 Å². The van der Waals surface area contributed by atoms with Crippen LogP contribution in [0.3, 0.4) is 0 Å². The Labute approximate surface area is 139 Å². The van der Waals surface area contributed by atoms with E-state index in [0.717, 1.165) is 39.1 Å². The van der Waals surface area contributed by atoms with Crippen LogP contribution in [0.4, 0.5) is 0 Å². The quantitative estimate of drug-likeness (QED) is 0.871. The third-order valence-electron chi connectivity index (χ3n) is 5.11. The van der Waals surface area contributed by atoms with Crippen molar-refractivity contribution in [2.75, 3.05) is 39.3 Å². The van der Waals surface area contributed by atoms with E-state index in [1.807, 2.05) is 0 Å². The summed E-state index contributed by atoms with van der Waals surface area (Å²) in [5, 5.41) is 3.19. The Kier molecular flexibility index (Phi) is 6.06. The molecule has 0 atom stereocenters. The number of nitrogens with one attached hydrogen (secondary N) is 1. The minimum Gasteiger partial charge on any atom is -0.352 e. The van der Waals surface area contributed by atoms with Crippen LogP contribution < -0.4 is 5.32 Å². The van der Waals surface area contributed by atoms with Gasteiger partial charge in [-0.3, -0.25) is 9.69 Å². The van der Waals surface area contributed by atoms with Gasteiger partial charge >= 0.3 is 0 Å². The third kappa shape index (κ3) is 5.33. The summed E-state index contributed by atoms with van der Waals surface area (Å²) in [6.07, 6.45) is 5.98. The van der Waals surface area contributed by atoms with Crippen molar-refractivity contribution in [3.8, 4) is 0 Å². The molecule has 0 radical (unpaired) electrons. The molecule has 0 spiro atoms. The Hall–Kier alpha value is -1.39. The lowest BCUT2D eigenvalue weighted by Crippen LogP contribution is -2.50. The molecule has 126 valence electrons. The van der Waals surface area contributed by atoms with Crippen LogP contribution in [0.1, 0.15) is 31.2 Å². The fourth-order valence-electron chi connectivity index (χ4n) is 3.65. The summed E-state index contributed by atoms with van der Waals surface area (Å²) in [6.45, 7) is 5.85. The van der Waals surface area contributed by atoms with Gasteiger partial charge in [0.1, 0.15) is 0 Å². The first-order valence-electron chi connectivity index (χ1n) is 9.07. The third-order valence-corrected chi connectivity index (χ3v) is 5.11. The van der Waals surface area contributed by atoms with Gasteiger partial charge in [0.2, 0.25) is 5.91 Å². The number of carbonyl (C=O) groups excluding carboxylic acids is 1. The molecule has 1 aliphatic carbocycles. The summed E-state index contributed by atoms with van der Waals surface area (Å²) in [5.74, 6) is 0.217. The Morgan fingerprint density at radius 2 is 1.65 bits per heavy atom. The summed E-state index contributed by atoms with van der Waals surface area (Å²) < 4.78 is 0. The number of nitrogens with zero attached hydrogens (tertiary/aromatic N) is 2. The van der Waals surface area contributed by atoms with Gasteiger partial charge in [-0.05, 0) is 24.8 Å². The van der Waals surface area contributed by atoms with Crippen molar-refractivity contribution < 1.29 is 4.79 Å². The molecular formula is C19H29N3O. The molecule has 1 saturated heterocycles. The predicted molar refractivity (Wildman–Crippen MR) is 93.4 cm³/mol. The summed E-state index contributed by atoms with van der Waals surface area (Å²) in [5.41, 5.74) is 1.41. The maximum atomic E-state index is 12.1. The van der Waals surface area contributed by atoms with Crippen molar-refractivity contribution in [1.82, 2.24) is 15.1 Å². The van der Waals surface area contributed by atoms with Crippen molar-refractivity contribution >= 4 is 5.91 Å². The lowest BCUT2D eigenvalue weighted by Gasteiger charge is -2.34. The molecule has 4 heteroatoms. The molecule has 3 rings (SSSR count). The number of piperazine rings is 1. The SMILES string of the molecule is O=C(CN1CCN(CCc2ccccc2)CC1)NC1CCCC1. The zero-order chi connectivity index (χ0) is 15.9. The molecule has 1 amide bonds. The second-order valence-corrected chi connectivity index (χ2v) is 6.90.